The van der Waals surface area contributed by atoms with Crippen molar-refractivity contribution in [1.29, 1.82) is 0 Å². The lowest BCUT2D eigenvalue weighted by Gasteiger charge is -2.12. The predicted octanol–water partition coefficient (Wildman–Crippen LogP) is 2.38. The highest BCUT2D eigenvalue weighted by molar-refractivity contribution is 5.27. The maximum atomic E-state index is 8.67. The summed E-state index contributed by atoms with van der Waals surface area (Å²) in [5, 5.41) is 12.1. The molecule has 1 atom stereocenters. The van der Waals surface area contributed by atoms with Crippen LogP contribution in [-0.2, 0) is 6.42 Å². The van der Waals surface area contributed by atoms with E-state index in [1.165, 1.54) is 5.56 Å². The predicted molar refractivity (Wildman–Crippen MR) is 75.1 cm³/mol. The monoisotopic (exact) mass is 251 g/mol. The van der Waals surface area contributed by atoms with Gasteiger partial charge in [0.1, 0.15) is 5.75 Å². The molecule has 0 spiro atoms. The first-order chi connectivity index (χ1) is 8.76. The van der Waals surface area contributed by atoms with Gasteiger partial charge >= 0.3 is 0 Å². The van der Waals surface area contributed by atoms with E-state index in [1.807, 2.05) is 12.1 Å². The summed E-state index contributed by atoms with van der Waals surface area (Å²) in [4.78, 5) is 0. The van der Waals surface area contributed by atoms with Gasteiger partial charge < -0.3 is 15.2 Å². The molecule has 0 heterocycles. The van der Waals surface area contributed by atoms with Crippen molar-refractivity contribution in [3.63, 3.8) is 0 Å². The van der Waals surface area contributed by atoms with Gasteiger partial charge in [-0.15, -0.1) is 0 Å². The molecule has 0 bridgehead atoms. The van der Waals surface area contributed by atoms with Gasteiger partial charge in [0.25, 0.3) is 0 Å². The largest absolute Gasteiger partial charge is 0.494 e. The Morgan fingerprint density at radius 1 is 1.28 bits per heavy atom. The minimum Gasteiger partial charge on any atom is -0.494 e. The molecule has 0 aromatic heterocycles. The van der Waals surface area contributed by atoms with Gasteiger partial charge in [-0.25, -0.2) is 0 Å². The Balaban J connectivity index is 2.31. The molecule has 3 heteroatoms. The molecule has 1 aromatic rings. The third-order valence-electron chi connectivity index (χ3n) is 2.91. The fraction of sp³-hybridized carbons (Fsp3) is 0.600. The smallest absolute Gasteiger partial charge is 0.119 e. The van der Waals surface area contributed by atoms with E-state index in [-0.39, 0.29) is 6.61 Å². The lowest BCUT2D eigenvalue weighted by atomic mass is 10.1. The highest BCUT2D eigenvalue weighted by Crippen LogP contribution is 2.14. The number of ether oxygens (including phenoxy) is 1. The Morgan fingerprint density at radius 3 is 2.61 bits per heavy atom. The van der Waals surface area contributed by atoms with E-state index < -0.39 is 0 Å². The van der Waals surface area contributed by atoms with Crippen molar-refractivity contribution in [2.75, 3.05) is 19.8 Å². The number of aliphatic hydroxyl groups is 1. The first kappa shape index (κ1) is 15.0. The Kier molecular flexibility index (Phi) is 7.46. The quantitative estimate of drug-likeness (QED) is 0.662. The van der Waals surface area contributed by atoms with Gasteiger partial charge in [-0.3, -0.25) is 0 Å². The zero-order valence-electron chi connectivity index (χ0n) is 11.5. The van der Waals surface area contributed by atoms with Crippen LogP contribution in [0.1, 0.15) is 32.3 Å². The second kappa shape index (κ2) is 8.95. The summed E-state index contributed by atoms with van der Waals surface area (Å²) in [5.74, 6) is 0.881. The lowest BCUT2D eigenvalue weighted by molar-refractivity contribution is 0.233. The van der Waals surface area contributed by atoms with Crippen LogP contribution in [0.25, 0.3) is 0 Å². The molecule has 0 saturated heterocycles. The molecular weight excluding hydrogens is 226 g/mol. The van der Waals surface area contributed by atoms with Crippen LogP contribution in [0.15, 0.2) is 24.3 Å². The first-order valence-corrected chi connectivity index (χ1v) is 6.82. The van der Waals surface area contributed by atoms with Gasteiger partial charge in [-0.2, -0.15) is 0 Å². The molecule has 0 fully saturated rings. The van der Waals surface area contributed by atoms with Crippen LogP contribution < -0.4 is 10.1 Å². The summed E-state index contributed by atoms with van der Waals surface area (Å²) < 4.78 is 5.49. The zero-order valence-corrected chi connectivity index (χ0v) is 11.5. The van der Waals surface area contributed by atoms with Crippen LogP contribution in [0.3, 0.4) is 0 Å². The molecule has 2 N–H and O–H groups in total. The lowest BCUT2D eigenvalue weighted by Crippen LogP contribution is -2.25. The molecule has 0 radical (unpaired) electrons. The zero-order chi connectivity index (χ0) is 13.2. The molecule has 102 valence electrons. The second-order valence-corrected chi connectivity index (χ2v) is 4.57. The van der Waals surface area contributed by atoms with E-state index in [2.05, 4.69) is 31.3 Å². The fourth-order valence-electron chi connectivity index (χ4n) is 1.84. The van der Waals surface area contributed by atoms with E-state index in [0.29, 0.717) is 19.1 Å². The number of hydrogen-bond acceptors (Lipinski definition) is 3. The molecule has 3 nitrogen and oxygen atoms in total. The Labute approximate surface area is 110 Å². The molecule has 0 aliphatic heterocycles. The van der Waals surface area contributed by atoms with Gasteiger partial charge in [-0.1, -0.05) is 19.1 Å². The van der Waals surface area contributed by atoms with Crippen LogP contribution >= 0.6 is 0 Å². The molecule has 0 aliphatic rings. The van der Waals surface area contributed by atoms with Gasteiger partial charge in [0.2, 0.25) is 0 Å². The molecule has 1 rings (SSSR count). The normalized spacial score (nSPS) is 12.4. The molecule has 0 saturated carbocycles. The summed E-state index contributed by atoms with van der Waals surface area (Å²) >= 11 is 0. The van der Waals surface area contributed by atoms with Crippen molar-refractivity contribution in [2.24, 2.45) is 0 Å². The fourth-order valence-corrected chi connectivity index (χ4v) is 1.84. The van der Waals surface area contributed by atoms with Crippen LogP contribution in [0.2, 0.25) is 0 Å². The summed E-state index contributed by atoms with van der Waals surface area (Å²) in [6.07, 6.45) is 2.92. The highest BCUT2D eigenvalue weighted by Gasteiger charge is 2.01. The summed E-state index contributed by atoms with van der Waals surface area (Å²) in [6, 6.07) is 8.81. The summed E-state index contributed by atoms with van der Waals surface area (Å²) in [6.45, 7) is 6.14. The van der Waals surface area contributed by atoms with Crippen molar-refractivity contribution in [1.82, 2.24) is 5.32 Å². The second-order valence-electron chi connectivity index (χ2n) is 4.57. The maximum Gasteiger partial charge on any atom is 0.119 e. The first-order valence-electron chi connectivity index (χ1n) is 6.82. The van der Waals surface area contributed by atoms with Gasteiger partial charge in [-0.05, 0) is 44.0 Å². The topological polar surface area (TPSA) is 41.5 Å². The van der Waals surface area contributed by atoms with Crippen LogP contribution in [0.5, 0.6) is 5.75 Å². The van der Waals surface area contributed by atoms with Crippen molar-refractivity contribution >= 4 is 0 Å². The van der Waals surface area contributed by atoms with E-state index >= 15 is 0 Å². The standard InChI is InChI=1S/C15H25NO2/c1-3-16-13(2)5-6-14-7-9-15(10-8-14)18-12-4-11-17/h7-10,13,16-17H,3-6,11-12H2,1-2H3. The van der Waals surface area contributed by atoms with Crippen LogP contribution in [-0.4, -0.2) is 30.9 Å². The maximum absolute atomic E-state index is 8.67. The van der Waals surface area contributed by atoms with Crippen molar-refractivity contribution in [2.45, 2.75) is 39.2 Å². The Bertz CT molecular complexity index is 311. The van der Waals surface area contributed by atoms with Crippen LogP contribution in [0.4, 0.5) is 0 Å². The van der Waals surface area contributed by atoms with E-state index in [4.69, 9.17) is 9.84 Å². The molecular formula is C15H25NO2. The van der Waals surface area contributed by atoms with Crippen molar-refractivity contribution in [3.8, 4) is 5.75 Å². The molecule has 1 unspecified atom stereocenters. The van der Waals surface area contributed by atoms with Gasteiger partial charge in [0.15, 0.2) is 0 Å². The summed E-state index contributed by atoms with van der Waals surface area (Å²) in [5.41, 5.74) is 1.34. The third kappa shape index (κ3) is 6.03. The average molecular weight is 251 g/mol. The third-order valence-corrected chi connectivity index (χ3v) is 2.91. The Hall–Kier alpha value is -1.06. The SMILES string of the molecule is CCNC(C)CCc1ccc(OCCCO)cc1. The Morgan fingerprint density at radius 2 is 2.00 bits per heavy atom. The van der Waals surface area contributed by atoms with Gasteiger partial charge in [0.05, 0.1) is 6.61 Å². The minimum absolute atomic E-state index is 0.181. The minimum atomic E-state index is 0.181. The molecule has 0 amide bonds. The number of nitrogens with one attached hydrogen (secondary N) is 1. The molecule has 18 heavy (non-hydrogen) atoms. The molecule has 0 aliphatic carbocycles. The number of rotatable bonds is 9. The number of aryl methyl sites for hydroxylation is 1. The van der Waals surface area contributed by atoms with E-state index in [1.54, 1.807) is 0 Å². The van der Waals surface area contributed by atoms with Crippen molar-refractivity contribution in [3.05, 3.63) is 29.8 Å². The average Bonchev–Trinajstić information content (AvgIpc) is 2.38. The van der Waals surface area contributed by atoms with Crippen molar-refractivity contribution < 1.29 is 9.84 Å². The van der Waals surface area contributed by atoms with E-state index in [0.717, 1.165) is 25.1 Å². The number of benzene rings is 1. The van der Waals surface area contributed by atoms with Crippen LogP contribution in [0, 0.1) is 0 Å². The van der Waals surface area contributed by atoms with Gasteiger partial charge in [0, 0.05) is 19.1 Å². The number of aliphatic hydroxyl groups excluding tert-OH is 1. The molecule has 1 aromatic carbocycles. The number of hydrogen-bond donors (Lipinski definition) is 2. The highest BCUT2D eigenvalue weighted by atomic mass is 16.5. The summed E-state index contributed by atoms with van der Waals surface area (Å²) in [7, 11) is 0. The van der Waals surface area contributed by atoms with E-state index in [9.17, 15) is 0 Å².